The molecule has 0 bridgehead atoms. The van der Waals surface area contributed by atoms with Crippen molar-refractivity contribution in [2.45, 2.75) is 13.2 Å². The van der Waals surface area contributed by atoms with Crippen molar-refractivity contribution >= 4 is 61.9 Å². The molecule has 0 saturated heterocycles. The second-order valence-electron chi connectivity index (χ2n) is 6.07. The quantitative estimate of drug-likeness (QED) is 0.243. The third kappa shape index (κ3) is 4.50. The summed E-state index contributed by atoms with van der Waals surface area (Å²) in [5.74, 6) is 0. The molecule has 0 fully saturated rings. The molecule has 4 aromatic rings. The van der Waals surface area contributed by atoms with E-state index in [1.54, 1.807) is 36.0 Å². The highest BCUT2D eigenvalue weighted by Crippen LogP contribution is 2.29. The van der Waals surface area contributed by atoms with Crippen LogP contribution in [0.2, 0.25) is 15.1 Å². The Morgan fingerprint density at radius 2 is 1.89 bits per heavy atom. The standard InChI is InChI=1S/C20H14Cl3N3OS/c21-14-2-4-20-13(7-14)8-16(28-20)11-27-25-19(10-26-6-5-24-12-26)17-3-1-15(22)9-18(17)23/h1-9,12H,10-11H2. The van der Waals surface area contributed by atoms with Crippen LogP contribution in [0.5, 0.6) is 0 Å². The average molecular weight is 451 g/mol. The molecule has 0 spiro atoms. The molecule has 0 atom stereocenters. The number of hydrogen-bond donors (Lipinski definition) is 0. The Bertz CT molecular complexity index is 1140. The lowest BCUT2D eigenvalue weighted by atomic mass is 10.1. The van der Waals surface area contributed by atoms with Gasteiger partial charge in [-0.15, -0.1) is 11.3 Å². The zero-order valence-electron chi connectivity index (χ0n) is 14.5. The number of aromatic nitrogens is 2. The first-order valence-electron chi connectivity index (χ1n) is 8.36. The van der Waals surface area contributed by atoms with Gasteiger partial charge in [0.1, 0.15) is 5.71 Å². The summed E-state index contributed by atoms with van der Waals surface area (Å²) in [5.41, 5.74) is 1.45. The minimum absolute atomic E-state index is 0.357. The predicted octanol–water partition coefficient (Wildman–Crippen LogP) is 6.68. The Balaban J connectivity index is 1.57. The summed E-state index contributed by atoms with van der Waals surface area (Å²) in [6, 6.07) is 13.2. The Morgan fingerprint density at radius 1 is 1.07 bits per heavy atom. The number of halogens is 3. The molecule has 0 radical (unpaired) electrons. The Labute approximate surface area is 180 Å². The fourth-order valence-electron chi connectivity index (χ4n) is 2.75. The largest absolute Gasteiger partial charge is 0.390 e. The van der Waals surface area contributed by atoms with Crippen molar-refractivity contribution in [3.8, 4) is 0 Å². The summed E-state index contributed by atoms with van der Waals surface area (Å²) < 4.78 is 3.06. The van der Waals surface area contributed by atoms with Crippen LogP contribution in [0.15, 0.2) is 66.3 Å². The van der Waals surface area contributed by atoms with Gasteiger partial charge < -0.3 is 9.40 Å². The smallest absolute Gasteiger partial charge is 0.151 e. The fourth-order valence-corrected chi connectivity index (χ4v) is 4.40. The Kier molecular flexibility index (Phi) is 5.87. The molecule has 0 aliphatic carbocycles. The van der Waals surface area contributed by atoms with Crippen LogP contribution in [0, 0.1) is 0 Å². The molecule has 4 nitrogen and oxygen atoms in total. The van der Waals surface area contributed by atoms with E-state index in [0.717, 1.165) is 25.5 Å². The van der Waals surface area contributed by atoms with Crippen LogP contribution in [0.25, 0.3) is 10.1 Å². The lowest BCUT2D eigenvalue weighted by Gasteiger charge is -2.10. The molecule has 0 aliphatic heterocycles. The maximum atomic E-state index is 6.37. The molecule has 0 N–H and O–H groups in total. The number of imidazole rings is 1. The van der Waals surface area contributed by atoms with Crippen molar-refractivity contribution in [1.29, 1.82) is 0 Å². The van der Waals surface area contributed by atoms with Gasteiger partial charge in [-0.25, -0.2) is 4.98 Å². The highest BCUT2D eigenvalue weighted by molar-refractivity contribution is 7.19. The van der Waals surface area contributed by atoms with Gasteiger partial charge in [0.2, 0.25) is 0 Å². The van der Waals surface area contributed by atoms with E-state index in [9.17, 15) is 0 Å². The number of fused-ring (bicyclic) bond motifs is 1. The molecular formula is C20H14Cl3N3OS. The summed E-state index contributed by atoms with van der Waals surface area (Å²) in [6.45, 7) is 0.832. The van der Waals surface area contributed by atoms with Gasteiger partial charge in [-0.05, 0) is 47.9 Å². The first-order chi connectivity index (χ1) is 13.6. The van der Waals surface area contributed by atoms with Crippen molar-refractivity contribution in [3.63, 3.8) is 0 Å². The third-order valence-corrected chi connectivity index (χ3v) is 5.92. The van der Waals surface area contributed by atoms with Gasteiger partial charge in [0.05, 0.1) is 17.9 Å². The topological polar surface area (TPSA) is 39.4 Å². The average Bonchev–Trinajstić information content (AvgIpc) is 3.30. The zero-order chi connectivity index (χ0) is 19.5. The second-order valence-corrected chi connectivity index (χ2v) is 8.51. The predicted molar refractivity (Wildman–Crippen MR) is 117 cm³/mol. The first kappa shape index (κ1) is 19.3. The van der Waals surface area contributed by atoms with Crippen molar-refractivity contribution in [2.24, 2.45) is 5.16 Å². The molecule has 0 saturated carbocycles. The molecular weight excluding hydrogens is 437 g/mol. The summed E-state index contributed by atoms with van der Waals surface area (Å²) in [5, 5.41) is 7.27. The molecule has 0 aliphatic rings. The Hall–Kier alpha value is -2.05. The number of thiophene rings is 1. The van der Waals surface area contributed by atoms with Gasteiger partial charge in [-0.2, -0.15) is 0 Å². The zero-order valence-corrected chi connectivity index (χ0v) is 17.6. The SMILES string of the molecule is Clc1ccc(C(Cn2ccnc2)=NOCc2cc3cc(Cl)ccc3s2)c(Cl)c1. The van der Waals surface area contributed by atoms with Gasteiger partial charge in [-0.1, -0.05) is 40.0 Å². The summed E-state index contributed by atoms with van der Waals surface area (Å²) in [4.78, 5) is 10.8. The highest BCUT2D eigenvalue weighted by atomic mass is 35.5. The molecule has 0 unspecified atom stereocenters. The number of benzene rings is 2. The number of nitrogens with zero attached hydrogens (tertiary/aromatic N) is 3. The molecule has 142 valence electrons. The third-order valence-electron chi connectivity index (χ3n) is 4.04. The minimum Gasteiger partial charge on any atom is -0.390 e. The Morgan fingerprint density at radius 3 is 2.68 bits per heavy atom. The van der Waals surface area contributed by atoms with Gasteiger partial charge in [0, 0.05) is 37.6 Å². The molecule has 2 aromatic carbocycles. The van der Waals surface area contributed by atoms with Gasteiger partial charge in [0.15, 0.2) is 6.61 Å². The van der Waals surface area contributed by atoms with Gasteiger partial charge >= 0.3 is 0 Å². The van der Waals surface area contributed by atoms with Crippen molar-refractivity contribution in [3.05, 3.63) is 86.7 Å². The molecule has 2 aromatic heterocycles. The summed E-state index contributed by atoms with van der Waals surface area (Å²) in [6.07, 6.45) is 5.29. The lowest BCUT2D eigenvalue weighted by molar-refractivity contribution is 0.132. The highest BCUT2D eigenvalue weighted by Gasteiger charge is 2.11. The van der Waals surface area contributed by atoms with Crippen LogP contribution >= 0.6 is 46.1 Å². The molecule has 28 heavy (non-hydrogen) atoms. The minimum atomic E-state index is 0.357. The first-order valence-corrected chi connectivity index (χ1v) is 10.3. The van der Waals surface area contributed by atoms with E-state index in [1.165, 1.54) is 0 Å². The molecule has 0 amide bonds. The van der Waals surface area contributed by atoms with Gasteiger partial charge in [0.25, 0.3) is 0 Å². The van der Waals surface area contributed by atoms with Crippen LogP contribution in [0.3, 0.4) is 0 Å². The maximum absolute atomic E-state index is 6.37. The van der Waals surface area contributed by atoms with E-state index in [0.29, 0.717) is 28.9 Å². The van der Waals surface area contributed by atoms with Crippen molar-refractivity contribution < 1.29 is 4.84 Å². The maximum Gasteiger partial charge on any atom is 0.151 e. The van der Waals surface area contributed by atoms with Gasteiger partial charge in [-0.3, -0.25) is 0 Å². The number of rotatable bonds is 6. The molecule has 2 heterocycles. The molecule has 8 heteroatoms. The van der Waals surface area contributed by atoms with E-state index in [4.69, 9.17) is 39.6 Å². The van der Waals surface area contributed by atoms with Crippen molar-refractivity contribution in [1.82, 2.24) is 9.55 Å². The normalized spacial score (nSPS) is 11.9. The van der Waals surface area contributed by atoms with E-state index in [1.807, 2.05) is 35.0 Å². The summed E-state index contributed by atoms with van der Waals surface area (Å²) >= 11 is 20.1. The summed E-state index contributed by atoms with van der Waals surface area (Å²) in [7, 11) is 0. The van der Waals surface area contributed by atoms with Crippen LogP contribution in [0.4, 0.5) is 0 Å². The monoisotopic (exact) mass is 449 g/mol. The molecule has 4 rings (SSSR count). The lowest BCUT2D eigenvalue weighted by Crippen LogP contribution is -2.12. The van der Waals surface area contributed by atoms with E-state index in [2.05, 4.69) is 16.2 Å². The van der Waals surface area contributed by atoms with Crippen LogP contribution in [0.1, 0.15) is 10.4 Å². The van der Waals surface area contributed by atoms with Crippen LogP contribution < -0.4 is 0 Å². The van der Waals surface area contributed by atoms with E-state index >= 15 is 0 Å². The fraction of sp³-hybridized carbons (Fsp3) is 0.100. The van der Waals surface area contributed by atoms with E-state index < -0.39 is 0 Å². The van der Waals surface area contributed by atoms with E-state index in [-0.39, 0.29) is 0 Å². The van der Waals surface area contributed by atoms with Crippen LogP contribution in [-0.4, -0.2) is 15.3 Å². The second kappa shape index (κ2) is 8.53. The number of oxime groups is 1. The van der Waals surface area contributed by atoms with Crippen LogP contribution in [-0.2, 0) is 18.0 Å². The van der Waals surface area contributed by atoms with Crippen molar-refractivity contribution in [2.75, 3.05) is 0 Å². The number of hydrogen-bond acceptors (Lipinski definition) is 4.